The lowest BCUT2D eigenvalue weighted by Crippen LogP contribution is -1.95. The molecule has 0 aliphatic rings. The maximum atomic E-state index is 5.20. The summed E-state index contributed by atoms with van der Waals surface area (Å²) in [6.45, 7) is 0. The zero-order chi connectivity index (χ0) is 28.1. The molecule has 4 heteroatoms. The third-order valence-corrected chi connectivity index (χ3v) is 8.96. The Bertz CT molecular complexity index is 2720. The van der Waals surface area contributed by atoms with Crippen LogP contribution in [-0.2, 0) is 0 Å². The zero-order valence-corrected chi connectivity index (χ0v) is 23.0. The van der Waals surface area contributed by atoms with E-state index < -0.39 is 0 Å². The van der Waals surface area contributed by atoms with Crippen LogP contribution < -0.4 is 0 Å². The second-order valence-corrected chi connectivity index (χ2v) is 11.3. The Morgan fingerprint density at radius 3 is 2.07 bits per heavy atom. The summed E-state index contributed by atoms with van der Waals surface area (Å²) in [7, 11) is 0. The van der Waals surface area contributed by atoms with Gasteiger partial charge in [0.15, 0.2) is 0 Å². The molecule has 0 radical (unpaired) electrons. The number of benzene rings is 6. The Morgan fingerprint density at radius 2 is 1.16 bits per heavy atom. The number of nitrogens with zero attached hydrogens (tertiary/aromatic N) is 4. The van der Waals surface area contributed by atoms with Gasteiger partial charge in [-0.3, -0.25) is 9.38 Å². The van der Waals surface area contributed by atoms with E-state index >= 15 is 0 Å². The Balaban J connectivity index is 1.21. The minimum absolute atomic E-state index is 0.830. The molecule has 0 saturated heterocycles. The lowest BCUT2D eigenvalue weighted by atomic mass is 9.91. The van der Waals surface area contributed by atoms with Crippen molar-refractivity contribution in [3.8, 4) is 22.6 Å². The summed E-state index contributed by atoms with van der Waals surface area (Å²) in [4.78, 5) is 15.2. The molecule has 6 aromatic carbocycles. The van der Waals surface area contributed by atoms with Crippen molar-refractivity contribution in [3.63, 3.8) is 0 Å². The molecule has 198 valence electrons. The van der Waals surface area contributed by atoms with Crippen LogP contribution in [-0.4, -0.2) is 19.4 Å². The SMILES string of the molecule is c1cc(-c2cc3c(cn2)c2ccccc2n2c4ccccc4nc32)nc(-c2ccc3ccc4cccc5ccc2c3c45)c1. The molecule has 0 bridgehead atoms. The Labute approximate surface area is 245 Å². The first-order chi connectivity index (χ1) is 21.3. The number of hydrogen-bond donors (Lipinski definition) is 0. The van der Waals surface area contributed by atoms with E-state index in [2.05, 4.69) is 120 Å². The van der Waals surface area contributed by atoms with Crippen LogP contribution in [0.1, 0.15) is 0 Å². The summed E-state index contributed by atoms with van der Waals surface area (Å²) in [5.74, 6) is 0. The fourth-order valence-electron chi connectivity index (χ4n) is 7.03. The molecule has 0 aliphatic heterocycles. The maximum absolute atomic E-state index is 5.20. The highest BCUT2D eigenvalue weighted by Gasteiger charge is 2.17. The van der Waals surface area contributed by atoms with E-state index in [0.29, 0.717) is 0 Å². The van der Waals surface area contributed by atoms with Crippen LogP contribution >= 0.6 is 0 Å². The Kier molecular flexibility index (Phi) is 4.42. The van der Waals surface area contributed by atoms with Crippen molar-refractivity contribution in [2.45, 2.75) is 0 Å². The largest absolute Gasteiger partial charge is 0.292 e. The molecule has 4 aromatic heterocycles. The molecule has 0 spiro atoms. The van der Waals surface area contributed by atoms with E-state index in [1.54, 1.807) is 0 Å². The predicted octanol–water partition coefficient (Wildman–Crippen LogP) is 9.82. The van der Waals surface area contributed by atoms with Crippen LogP contribution in [0.4, 0.5) is 0 Å². The predicted molar refractivity (Wildman–Crippen MR) is 178 cm³/mol. The molecule has 0 atom stereocenters. The summed E-state index contributed by atoms with van der Waals surface area (Å²) in [5, 5.41) is 10.9. The normalized spacial score (nSPS) is 12.2. The molecular weight excluding hydrogens is 524 g/mol. The van der Waals surface area contributed by atoms with Crippen molar-refractivity contribution in [2.75, 3.05) is 0 Å². The molecule has 0 saturated carbocycles. The van der Waals surface area contributed by atoms with Gasteiger partial charge in [-0.25, -0.2) is 9.97 Å². The van der Waals surface area contributed by atoms with Gasteiger partial charge in [0.1, 0.15) is 5.65 Å². The van der Waals surface area contributed by atoms with Gasteiger partial charge in [-0.1, -0.05) is 91.0 Å². The van der Waals surface area contributed by atoms with Crippen molar-refractivity contribution in [2.24, 2.45) is 0 Å². The fourth-order valence-corrected chi connectivity index (χ4v) is 7.03. The molecule has 0 N–H and O–H groups in total. The number of fused-ring (bicyclic) bond motifs is 8. The first-order valence-electron chi connectivity index (χ1n) is 14.5. The van der Waals surface area contributed by atoms with Crippen molar-refractivity contribution in [3.05, 3.63) is 134 Å². The highest BCUT2D eigenvalue weighted by molar-refractivity contribution is 6.25. The molecule has 43 heavy (non-hydrogen) atoms. The fraction of sp³-hybridized carbons (Fsp3) is 0. The van der Waals surface area contributed by atoms with E-state index in [-0.39, 0.29) is 0 Å². The van der Waals surface area contributed by atoms with Gasteiger partial charge in [0, 0.05) is 27.9 Å². The van der Waals surface area contributed by atoms with Crippen LogP contribution in [0.3, 0.4) is 0 Å². The summed E-state index contributed by atoms with van der Waals surface area (Å²) < 4.78 is 2.27. The van der Waals surface area contributed by atoms with Crippen LogP contribution in [0.5, 0.6) is 0 Å². The standard InChI is InChI=1S/C39H22N4/c1-3-13-35-27(9-1)30-22-40-34(21-29(30)39-42-33-10-2-4-14-36(33)43(35)39)32-12-6-11-31(41-32)26-19-17-25-16-15-23-7-5-8-24-18-20-28(26)38(25)37(23)24/h1-22H. The van der Waals surface area contributed by atoms with Crippen molar-refractivity contribution in [1.82, 2.24) is 19.4 Å². The molecular formula is C39H22N4. The number of pyridine rings is 3. The number of hydrogen-bond acceptors (Lipinski definition) is 3. The molecule has 0 fully saturated rings. The van der Waals surface area contributed by atoms with E-state index in [4.69, 9.17) is 15.0 Å². The summed E-state index contributed by atoms with van der Waals surface area (Å²) in [5.41, 5.74) is 7.87. The second kappa shape index (κ2) is 8.34. The number of rotatable bonds is 2. The smallest absolute Gasteiger partial charge is 0.146 e. The Morgan fingerprint density at radius 1 is 0.442 bits per heavy atom. The zero-order valence-electron chi connectivity index (χ0n) is 23.0. The van der Waals surface area contributed by atoms with Gasteiger partial charge in [0.2, 0.25) is 0 Å². The van der Waals surface area contributed by atoms with Crippen molar-refractivity contribution >= 4 is 70.7 Å². The van der Waals surface area contributed by atoms with Crippen LogP contribution in [0.15, 0.2) is 134 Å². The topological polar surface area (TPSA) is 43.1 Å². The van der Waals surface area contributed by atoms with Crippen LogP contribution in [0, 0.1) is 0 Å². The highest BCUT2D eigenvalue weighted by atomic mass is 15.0. The van der Waals surface area contributed by atoms with Gasteiger partial charge < -0.3 is 0 Å². The first kappa shape index (κ1) is 22.8. The number of imidazole rings is 1. The molecule has 10 aromatic rings. The van der Waals surface area contributed by atoms with E-state index in [1.807, 2.05) is 18.3 Å². The molecule has 4 nitrogen and oxygen atoms in total. The Hall–Kier alpha value is -5.87. The van der Waals surface area contributed by atoms with Gasteiger partial charge in [-0.15, -0.1) is 0 Å². The third-order valence-electron chi connectivity index (χ3n) is 8.96. The first-order valence-corrected chi connectivity index (χ1v) is 14.5. The van der Waals surface area contributed by atoms with E-state index in [1.165, 1.54) is 32.3 Å². The van der Waals surface area contributed by atoms with E-state index in [9.17, 15) is 0 Å². The van der Waals surface area contributed by atoms with Gasteiger partial charge in [-0.05, 0) is 68.7 Å². The molecule has 0 unspecified atom stereocenters. The average molecular weight is 547 g/mol. The second-order valence-electron chi connectivity index (χ2n) is 11.3. The summed E-state index contributed by atoms with van der Waals surface area (Å²) in [6.07, 6.45) is 1.98. The van der Waals surface area contributed by atoms with Gasteiger partial charge in [0.25, 0.3) is 0 Å². The van der Waals surface area contributed by atoms with Gasteiger partial charge in [-0.2, -0.15) is 0 Å². The molecule has 4 heterocycles. The van der Waals surface area contributed by atoms with E-state index in [0.717, 1.165) is 61.0 Å². The van der Waals surface area contributed by atoms with Crippen molar-refractivity contribution in [1.29, 1.82) is 0 Å². The minimum atomic E-state index is 0.830. The van der Waals surface area contributed by atoms with Gasteiger partial charge >= 0.3 is 0 Å². The van der Waals surface area contributed by atoms with Crippen LogP contribution in [0.25, 0.3) is 93.3 Å². The summed E-state index contributed by atoms with van der Waals surface area (Å²) >= 11 is 0. The molecule has 0 amide bonds. The quantitative estimate of drug-likeness (QED) is 0.203. The third kappa shape index (κ3) is 3.12. The highest BCUT2D eigenvalue weighted by Crippen LogP contribution is 2.39. The van der Waals surface area contributed by atoms with Crippen LogP contribution in [0.2, 0.25) is 0 Å². The molecule has 10 rings (SSSR count). The number of para-hydroxylation sites is 3. The monoisotopic (exact) mass is 546 g/mol. The maximum Gasteiger partial charge on any atom is 0.146 e. The van der Waals surface area contributed by atoms with Gasteiger partial charge in [0.05, 0.1) is 33.6 Å². The lowest BCUT2D eigenvalue weighted by molar-refractivity contribution is 1.26. The number of aromatic nitrogens is 4. The van der Waals surface area contributed by atoms with Crippen molar-refractivity contribution < 1.29 is 0 Å². The minimum Gasteiger partial charge on any atom is -0.292 e. The lowest BCUT2D eigenvalue weighted by Gasteiger charge is -2.14. The summed E-state index contributed by atoms with van der Waals surface area (Å²) in [6, 6.07) is 45.1. The average Bonchev–Trinajstić information content (AvgIpc) is 3.47. The molecule has 0 aliphatic carbocycles.